The van der Waals surface area contributed by atoms with Crippen molar-refractivity contribution in [1.82, 2.24) is 10.6 Å². The van der Waals surface area contributed by atoms with E-state index in [9.17, 15) is 0 Å². The van der Waals surface area contributed by atoms with Gasteiger partial charge in [0.15, 0.2) is 0 Å². The van der Waals surface area contributed by atoms with Gasteiger partial charge in [0.05, 0.1) is 0 Å². The molecule has 0 radical (unpaired) electrons. The second-order valence-corrected chi connectivity index (χ2v) is 8.44. The van der Waals surface area contributed by atoms with E-state index < -0.39 is 0 Å². The second kappa shape index (κ2) is 6.87. The average molecular weight is 287 g/mol. The van der Waals surface area contributed by atoms with E-state index in [1.807, 2.05) is 0 Å². The Labute approximate surface area is 120 Å². The van der Waals surface area contributed by atoms with Crippen LogP contribution in [0.15, 0.2) is 0 Å². The molecule has 0 aromatic rings. The Morgan fingerprint density at radius 1 is 1.11 bits per heavy atom. The van der Waals surface area contributed by atoms with Crippen LogP contribution < -0.4 is 10.6 Å². The predicted molar refractivity (Wildman–Crippen MR) is 83.7 cm³/mol. The van der Waals surface area contributed by atoms with Gasteiger partial charge in [0.2, 0.25) is 0 Å². The van der Waals surface area contributed by atoms with E-state index in [0.29, 0.717) is 0 Å². The fraction of sp³-hybridized carbons (Fsp3) is 1.00. The predicted octanol–water partition coefficient (Wildman–Crippen LogP) is 2.35. The fourth-order valence-electron chi connectivity index (χ4n) is 3.74. The fourth-order valence-corrected chi connectivity index (χ4v) is 6.36. The summed E-state index contributed by atoms with van der Waals surface area (Å²) < 4.78 is 0. The summed E-state index contributed by atoms with van der Waals surface area (Å²) in [7, 11) is 0. The maximum absolute atomic E-state index is 3.90. The molecule has 1 aliphatic carbocycles. The van der Waals surface area contributed by atoms with Crippen molar-refractivity contribution in [3.05, 3.63) is 0 Å². The maximum atomic E-state index is 3.90. The van der Waals surface area contributed by atoms with Crippen LogP contribution in [0.1, 0.15) is 32.1 Å². The van der Waals surface area contributed by atoms with Gasteiger partial charge in [-0.15, -0.1) is 0 Å². The molecule has 4 atom stereocenters. The lowest BCUT2D eigenvalue weighted by Gasteiger charge is -2.29. The zero-order valence-corrected chi connectivity index (χ0v) is 12.8. The van der Waals surface area contributed by atoms with E-state index in [-0.39, 0.29) is 0 Å². The zero-order valence-electron chi connectivity index (χ0n) is 11.2. The summed E-state index contributed by atoms with van der Waals surface area (Å²) in [6.07, 6.45) is 7.10. The normalized spacial score (nSPS) is 41.3. The highest BCUT2D eigenvalue weighted by Crippen LogP contribution is 2.32. The van der Waals surface area contributed by atoms with Crippen molar-refractivity contribution in [2.75, 3.05) is 30.3 Å². The molecule has 2 nitrogen and oxygen atoms in total. The van der Waals surface area contributed by atoms with Gasteiger partial charge in [0, 0.05) is 41.1 Å². The SMILES string of the molecule is C1CNC(C2CCCC2NCC2CSCCS2)C1. The van der Waals surface area contributed by atoms with Gasteiger partial charge >= 0.3 is 0 Å². The smallest absolute Gasteiger partial charge is 0.0263 e. The van der Waals surface area contributed by atoms with E-state index >= 15 is 0 Å². The Kier molecular flexibility index (Phi) is 5.19. The van der Waals surface area contributed by atoms with Crippen molar-refractivity contribution in [3.8, 4) is 0 Å². The molecular formula is C14H26N2S2. The molecule has 2 saturated heterocycles. The summed E-state index contributed by atoms with van der Waals surface area (Å²) >= 11 is 4.32. The van der Waals surface area contributed by atoms with Crippen LogP contribution >= 0.6 is 23.5 Å². The van der Waals surface area contributed by atoms with Gasteiger partial charge in [-0.25, -0.2) is 0 Å². The van der Waals surface area contributed by atoms with Crippen LogP contribution in [-0.4, -0.2) is 47.7 Å². The van der Waals surface area contributed by atoms with Gasteiger partial charge in [-0.2, -0.15) is 23.5 Å². The van der Waals surface area contributed by atoms with Gasteiger partial charge in [0.1, 0.15) is 0 Å². The van der Waals surface area contributed by atoms with E-state index in [4.69, 9.17) is 0 Å². The lowest BCUT2D eigenvalue weighted by atomic mass is 9.93. The van der Waals surface area contributed by atoms with Crippen LogP contribution in [0.25, 0.3) is 0 Å². The number of hydrogen-bond donors (Lipinski definition) is 2. The van der Waals surface area contributed by atoms with E-state index in [2.05, 4.69) is 34.2 Å². The van der Waals surface area contributed by atoms with E-state index in [1.165, 1.54) is 62.5 Å². The van der Waals surface area contributed by atoms with Crippen molar-refractivity contribution in [2.24, 2.45) is 5.92 Å². The van der Waals surface area contributed by atoms with Crippen LogP contribution in [0.5, 0.6) is 0 Å². The van der Waals surface area contributed by atoms with Crippen LogP contribution in [0.2, 0.25) is 0 Å². The molecule has 4 heteroatoms. The number of rotatable bonds is 4. The summed E-state index contributed by atoms with van der Waals surface area (Å²) in [6.45, 7) is 2.49. The largest absolute Gasteiger partial charge is 0.314 e. The van der Waals surface area contributed by atoms with Crippen molar-refractivity contribution < 1.29 is 0 Å². The van der Waals surface area contributed by atoms with Crippen molar-refractivity contribution in [1.29, 1.82) is 0 Å². The molecule has 4 unspecified atom stereocenters. The van der Waals surface area contributed by atoms with Crippen LogP contribution in [0.3, 0.4) is 0 Å². The summed E-state index contributed by atoms with van der Waals surface area (Å²) in [5, 5.41) is 8.48. The minimum atomic E-state index is 0.799. The second-order valence-electron chi connectivity index (χ2n) is 5.88. The first-order valence-corrected chi connectivity index (χ1v) is 9.80. The molecule has 0 aromatic carbocycles. The molecule has 3 aliphatic rings. The molecule has 0 amide bonds. The van der Waals surface area contributed by atoms with Gasteiger partial charge in [-0.1, -0.05) is 6.42 Å². The Morgan fingerprint density at radius 3 is 2.89 bits per heavy atom. The average Bonchev–Trinajstić information content (AvgIpc) is 3.08. The third-order valence-electron chi connectivity index (χ3n) is 4.68. The summed E-state index contributed by atoms with van der Waals surface area (Å²) in [5.41, 5.74) is 0. The maximum Gasteiger partial charge on any atom is 0.0263 e. The minimum absolute atomic E-state index is 0.799. The summed E-state index contributed by atoms with van der Waals surface area (Å²) in [5.74, 6) is 4.99. The Balaban J connectivity index is 1.45. The quantitative estimate of drug-likeness (QED) is 0.828. The first kappa shape index (κ1) is 13.6. The Bertz CT molecular complexity index is 250. The zero-order chi connectivity index (χ0) is 12.2. The minimum Gasteiger partial charge on any atom is -0.314 e. The summed E-state index contributed by atoms with van der Waals surface area (Å²) in [6, 6.07) is 1.62. The molecule has 1 saturated carbocycles. The topological polar surface area (TPSA) is 24.1 Å². The van der Waals surface area contributed by atoms with Crippen molar-refractivity contribution in [3.63, 3.8) is 0 Å². The van der Waals surface area contributed by atoms with Crippen LogP contribution in [-0.2, 0) is 0 Å². The molecule has 104 valence electrons. The van der Waals surface area contributed by atoms with Crippen LogP contribution in [0.4, 0.5) is 0 Å². The van der Waals surface area contributed by atoms with Gasteiger partial charge in [0.25, 0.3) is 0 Å². The highest BCUT2D eigenvalue weighted by Gasteiger charge is 2.34. The molecule has 2 aliphatic heterocycles. The highest BCUT2D eigenvalue weighted by atomic mass is 32.2. The van der Waals surface area contributed by atoms with Gasteiger partial charge in [-0.3, -0.25) is 0 Å². The summed E-state index contributed by atoms with van der Waals surface area (Å²) in [4.78, 5) is 0. The number of hydrogen-bond acceptors (Lipinski definition) is 4. The van der Waals surface area contributed by atoms with Crippen LogP contribution in [0, 0.1) is 5.92 Å². The standard InChI is InChI=1S/C14H26N2S2/c1-3-12(13-5-2-6-15-13)14(4-1)16-9-11-10-17-7-8-18-11/h11-16H,1-10H2. The molecular weight excluding hydrogens is 260 g/mol. The third-order valence-corrected chi connectivity index (χ3v) is 7.52. The van der Waals surface area contributed by atoms with Crippen molar-refractivity contribution in [2.45, 2.75) is 49.4 Å². The van der Waals surface area contributed by atoms with Gasteiger partial charge in [-0.05, 0) is 38.1 Å². The number of nitrogens with one attached hydrogen (secondary N) is 2. The Morgan fingerprint density at radius 2 is 2.11 bits per heavy atom. The first-order chi connectivity index (χ1) is 8.93. The molecule has 2 N–H and O–H groups in total. The highest BCUT2D eigenvalue weighted by molar-refractivity contribution is 8.06. The van der Waals surface area contributed by atoms with E-state index in [1.54, 1.807) is 0 Å². The Hall–Kier alpha value is 0.620. The first-order valence-electron chi connectivity index (χ1n) is 7.59. The molecule has 2 heterocycles. The molecule has 0 aromatic heterocycles. The molecule has 3 rings (SSSR count). The van der Waals surface area contributed by atoms with Gasteiger partial charge < -0.3 is 10.6 Å². The molecule has 18 heavy (non-hydrogen) atoms. The number of thioether (sulfide) groups is 2. The molecule has 0 spiro atoms. The lowest BCUT2D eigenvalue weighted by molar-refractivity contribution is 0.322. The lowest BCUT2D eigenvalue weighted by Crippen LogP contribution is -2.44. The molecule has 0 bridgehead atoms. The monoisotopic (exact) mass is 286 g/mol. The van der Waals surface area contributed by atoms with E-state index in [0.717, 1.165) is 23.3 Å². The third kappa shape index (κ3) is 3.38. The molecule has 3 fully saturated rings. The van der Waals surface area contributed by atoms with Crippen molar-refractivity contribution >= 4 is 23.5 Å².